The van der Waals surface area contributed by atoms with Crippen molar-refractivity contribution in [2.24, 2.45) is 11.8 Å². The maximum atomic E-state index is 14.2. The number of piperidine rings is 2. The van der Waals surface area contributed by atoms with E-state index < -0.39 is 11.7 Å². The van der Waals surface area contributed by atoms with Crippen LogP contribution in [0.4, 0.5) is 15.8 Å². The quantitative estimate of drug-likeness (QED) is 0.414. The molecule has 2 aliphatic heterocycles. The van der Waals surface area contributed by atoms with Crippen molar-refractivity contribution in [2.45, 2.75) is 39.0 Å². The minimum absolute atomic E-state index is 0.000277. The fourth-order valence-corrected chi connectivity index (χ4v) is 5.61. The molecule has 2 saturated heterocycles. The summed E-state index contributed by atoms with van der Waals surface area (Å²) in [5.41, 5.74) is 3.36. The molecule has 0 radical (unpaired) electrons. The molecule has 2 amide bonds. The summed E-state index contributed by atoms with van der Waals surface area (Å²) in [5.74, 6) is 0.145. The zero-order chi connectivity index (χ0) is 26.5. The molecule has 2 fully saturated rings. The van der Waals surface area contributed by atoms with E-state index in [0.29, 0.717) is 23.1 Å². The van der Waals surface area contributed by atoms with Crippen LogP contribution in [0.5, 0.6) is 0 Å². The van der Waals surface area contributed by atoms with E-state index in [9.17, 15) is 14.0 Å². The number of halogens is 1. The fraction of sp³-hybridized carbons (Fsp3) is 0.375. The molecule has 0 saturated carbocycles. The highest BCUT2D eigenvalue weighted by Gasteiger charge is 2.28. The summed E-state index contributed by atoms with van der Waals surface area (Å²) < 4.78 is 14.2. The van der Waals surface area contributed by atoms with Gasteiger partial charge in [0.25, 0.3) is 11.8 Å². The van der Waals surface area contributed by atoms with Crippen molar-refractivity contribution >= 4 is 23.2 Å². The summed E-state index contributed by atoms with van der Waals surface area (Å²) in [5, 5.41) is 2.80. The molecule has 5 rings (SSSR count). The normalized spacial score (nSPS) is 16.9. The molecule has 5 nitrogen and oxygen atoms in total. The first kappa shape index (κ1) is 26.0. The number of anilines is 2. The number of nitrogens with zero attached hydrogens (tertiary/aromatic N) is 2. The van der Waals surface area contributed by atoms with Crippen molar-refractivity contribution < 1.29 is 14.0 Å². The Morgan fingerprint density at radius 1 is 0.842 bits per heavy atom. The maximum absolute atomic E-state index is 14.2. The van der Waals surface area contributed by atoms with Crippen molar-refractivity contribution in [1.82, 2.24) is 4.90 Å². The molecule has 6 heteroatoms. The maximum Gasteiger partial charge on any atom is 0.258 e. The third-order valence-electron chi connectivity index (χ3n) is 8.00. The van der Waals surface area contributed by atoms with Gasteiger partial charge in [0, 0.05) is 37.6 Å². The van der Waals surface area contributed by atoms with Crippen LogP contribution < -0.4 is 10.2 Å². The number of carbonyl (C=O) groups excluding carboxylic acids is 2. The van der Waals surface area contributed by atoms with E-state index in [-0.39, 0.29) is 11.5 Å². The minimum Gasteiger partial charge on any atom is -0.371 e. The summed E-state index contributed by atoms with van der Waals surface area (Å²) in [6, 6.07) is 22.1. The highest BCUT2D eigenvalue weighted by atomic mass is 19.1. The van der Waals surface area contributed by atoms with Gasteiger partial charge in [-0.1, -0.05) is 49.4 Å². The standard InChI is InChI=1S/C32H36FN3O2/c1-23-13-17-36(18-14-23)32(38)28-22-26(34-31(37)27-9-5-6-10-29(27)33)11-12-30(28)35-19-15-25(16-20-35)21-24-7-3-2-4-8-24/h2-12,22-23,25H,13-21H2,1H3,(H,34,37). The molecule has 0 atom stereocenters. The summed E-state index contributed by atoms with van der Waals surface area (Å²) in [6.45, 7) is 5.48. The molecule has 198 valence electrons. The van der Waals surface area contributed by atoms with Crippen LogP contribution in [0.3, 0.4) is 0 Å². The topological polar surface area (TPSA) is 52.7 Å². The second-order valence-electron chi connectivity index (χ2n) is 10.8. The summed E-state index contributed by atoms with van der Waals surface area (Å²) in [6.07, 6.45) is 5.20. The van der Waals surface area contributed by atoms with Crippen LogP contribution in [0.1, 0.15) is 58.9 Å². The second kappa shape index (κ2) is 11.8. The molecule has 38 heavy (non-hydrogen) atoms. The molecular weight excluding hydrogens is 477 g/mol. The van der Waals surface area contributed by atoms with Crippen LogP contribution in [0.2, 0.25) is 0 Å². The predicted molar refractivity (Wildman–Crippen MR) is 150 cm³/mol. The van der Waals surface area contributed by atoms with Gasteiger partial charge in [-0.2, -0.15) is 0 Å². The second-order valence-corrected chi connectivity index (χ2v) is 10.8. The van der Waals surface area contributed by atoms with E-state index in [1.165, 1.54) is 17.7 Å². The van der Waals surface area contributed by atoms with Crippen LogP contribution in [-0.4, -0.2) is 42.9 Å². The molecule has 3 aromatic carbocycles. The third kappa shape index (κ3) is 6.07. The minimum atomic E-state index is -0.571. The Labute approximate surface area is 224 Å². The predicted octanol–water partition coefficient (Wildman–Crippen LogP) is 6.41. The summed E-state index contributed by atoms with van der Waals surface area (Å²) >= 11 is 0. The highest BCUT2D eigenvalue weighted by molar-refractivity contribution is 6.06. The largest absolute Gasteiger partial charge is 0.371 e. The van der Waals surface area contributed by atoms with Crippen LogP contribution in [0.15, 0.2) is 72.8 Å². The van der Waals surface area contributed by atoms with E-state index in [1.54, 1.807) is 18.2 Å². The fourth-order valence-electron chi connectivity index (χ4n) is 5.61. The van der Waals surface area contributed by atoms with Gasteiger partial charge in [-0.3, -0.25) is 9.59 Å². The highest BCUT2D eigenvalue weighted by Crippen LogP contribution is 2.32. The van der Waals surface area contributed by atoms with Crippen molar-refractivity contribution in [1.29, 1.82) is 0 Å². The lowest BCUT2D eigenvalue weighted by atomic mass is 9.89. The van der Waals surface area contributed by atoms with Gasteiger partial charge in [-0.05, 0) is 79.8 Å². The Bertz CT molecular complexity index is 1260. The molecule has 0 aliphatic carbocycles. The first-order valence-corrected chi connectivity index (χ1v) is 13.8. The van der Waals surface area contributed by atoms with Gasteiger partial charge in [0.05, 0.1) is 11.1 Å². The first-order chi connectivity index (χ1) is 18.5. The summed E-state index contributed by atoms with van der Waals surface area (Å²) in [4.78, 5) is 30.8. The van der Waals surface area contributed by atoms with Crippen molar-refractivity contribution in [2.75, 3.05) is 36.4 Å². The van der Waals surface area contributed by atoms with E-state index in [4.69, 9.17) is 0 Å². The van der Waals surface area contributed by atoms with E-state index in [2.05, 4.69) is 47.5 Å². The Balaban J connectivity index is 1.35. The number of hydrogen-bond acceptors (Lipinski definition) is 3. The number of hydrogen-bond donors (Lipinski definition) is 1. The monoisotopic (exact) mass is 513 g/mol. The lowest BCUT2D eigenvalue weighted by Gasteiger charge is -2.36. The smallest absolute Gasteiger partial charge is 0.258 e. The van der Waals surface area contributed by atoms with Crippen LogP contribution in [0, 0.1) is 17.7 Å². The molecule has 2 aliphatic rings. The van der Waals surface area contributed by atoms with Crippen LogP contribution >= 0.6 is 0 Å². The molecule has 3 aromatic rings. The molecule has 0 spiro atoms. The molecule has 1 N–H and O–H groups in total. The molecule has 0 aromatic heterocycles. The van der Waals surface area contributed by atoms with Crippen LogP contribution in [-0.2, 0) is 6.42 Å². The van der Waals surface area contributed by atoms with Gasteiger partial charge in [0.15, 0.2) is 0 Å². The zero-order valence-corrected chi connectivity index (χ0v) is 22.0. The van der Waals surface area contributed by atoms with Crippen LogP contribution in [0.25, 0.3) is 0 Å². The number of carbonyl (C=O) groups is 2. The number of benzene rings is 3. The Kier molecular flexibility index (Phi) is 8.06. The Hall–Kier alpha value is -3.67. The van der Waals surface area contributed by atoms with Gasteiger partial charge >= 0.3 is 0 Å². The Morgan fingerprint density at radius 3 is 2.24 bits per heavy atom. The average molecular weight is 514 g/mol. The average Bonchev–Trinajstić information content (AvgIpc) is 2.94. The van der Waals surface area contributed by atoms with Gasteiger partial charge < -0.3 is 15.1 Å². The lowest BCUT2D eigenvalue weighted by molar-refractivity contribution is 0.0697. The lowest BCUT2D eigenvalue weighted by Crippen LogP contribution is -2.40. The molecule has 0 unspecified atom stereocenters. The van der Waals surface area contributed by atoms with E-state index >= 15 is 0 Å². The number of amides is 2. The van der Waals surface area contributed by atoms with Gasteiger partial charge in [-0.15, -0.1) is 0 Å². The SMILES string of the molecule is CC1CCN(C(=O)c2cc(NC(=O)c3ccccc3F)ccc2N2CCC(Cc3ccccc3)CC2)CC1. The van der Waals surface area contributed by atoms with Crippen molar-refractivity contribution in [3.05, 3.63) is 95.3 Å². The van der Waals surface area contributed by atoms with E-state index in [0.717, 1.165) is 64.0 Å². The van der Waals surface area contributed by atoms with E-state index in [1.807, 2.05) is 17.0 Å². The molecule has 2 heterocycles. The zero-order valence-electron chi connectivity index (χ0n) is 22.0. The summed E-state index contributed by atoms with van der Waals surface area (Å²) in [7, 11) is 0. The number of rotatable bonds is 6. The van der Waals surface area contributed by atoms with Gasteiger partial charge in [0.2, 0.25) is 0 Å². The number of nitrogens with one attached hydrogen (secondary N) is 1. The van der Waals surface area contributed by atoms with Gasteiger partial charge in [0.1, 0.15) is 5.82 Å². The first-order valence-electron chi connectivity index (χ1n) is 13.8. The Morgan fingerprint density at radius 2 is 1.53 bits per heavy atom. The van der Waals surface area contributed by atoms with Gasteiger partial charge in [-0.25, -0.2) is 4.39 Å². The molecule has 0 bridgehead atoms. The molecular formula is C32H36FN3O2. The van der Waals surface area contributed by atoms with Crippen molar-refractivity contribution in [3.8, 4) is 0 Å². The third-order valence-corrected chi connectivity index (χ3v) is 8.00. The number of likely N-dealkylation sites (tertiary alicyclic amines) is 1. The van der Waals surface area contributed by atoms with Crippen molar-refractivity contribution in [3.63, 3.8) is 0 Å².